The highest BCUT2D eigenvalue weighted by Gasteiger charge is 2.43. The lowest BCUT2D eigenvalue weighted by molar-refractivity contribution is 0.0115. The van der Waals surface area contributed by atoms with Gasteiger partial charge in [-0.15, -0.1) is 0 Å². The molecule has 8 heteroatoms. The smallest absolute Gasteiger partial charge is 0.272 e. The minimum absolute atomic E-state index is 0.00204. The molecule has 33 heavy (non-hydrogen) atoms. The Morgan fingerprint density at radius 2 is 1.85 bits per heavy atom. The molecule has 0 unspecified atom stereocenters. The van der Waals surface area contributed by atoms with Crippen molar-refractivity contribution in [2.24, 2.45) is 0 Å². The highest BCUT2D eigenvalue weighted by Crippen LogP contribution is 2.38. The van der Waals surface area contributed by atoms with Gasteiger partial charge in [0.2, 0.25) is 0 Å². The number of halogens is 1. The Kier molecular flexibility index (Phi) is 6.00. The van der Waals surface area contributed by atoms with Gasteiger partial charge in [-0.2, -0.15) is 5.10 Å². The van der Waals surface area contributed by atoms with Gasteiger partial charge in [0.15, 0.2) is 8.32 Å². The third kappa shape index (κ3) is 4.63. The van der Waals surface area contributed by atoms with E-state index < -0.39 is 14.1 Å². The van der Waals surface area contributed by atoms with Gasteiger partial charge in [0.25, 0.3) is 11.5 Å². The topological polar surface area (TPSA) is 75.3 Å². The molecule has 1 aromatic heterocycles. The number of carbonyl (C=O) groups excluding carboxylic acids is 1. The molecular weight excluding hydrogens is 437 g/mol. The van der Waals surface area contributed by atoms with Crippen LogP contribution in [0.25, 0.3) is 10.8 Å². The Morgan fingerprint density at radius 3 is 2.52 bits per heavy atom. The molecule has 1 aliphatic rings. The van der Waals surface area contributed by atoms with E-state index in [4.69, 9.17) is 4.43 Å². The predicted octanol–water partition coefficient (Wildman–Crippen LogP) is 4.50. The van der Waals surface area contributed by atoms with E-state index in [0.717, 1.165) is 10.9 Å². The first-order chi connectivity index (χ1) is 15.5. The maximum atomic E-state index is 14.6. The first kappa shape index (κ1) is 23.3. The van der Waals surface area contributed by atoms with Crippen LogP contribution in [0, 0.1) is 5.82 Å². The maximum Gasteiger partial charge on any atom is 0.272 e. The molecule has 0 spiro atoms. The third-order valence-corrected chi connectivity index (χ3v) is 11.3. The number of carbonyl (C=O) groups is 1. The van der Waals surface area contributed by atoms with E-state index in [1.54, 1.807) is 29.2 Å². The molecule has 2 aromatic carbocycles. The number of likely N-dealkylation sites (tertiary alicyclic amines) is 1. The summed E-state index contributed by atoms with van der Waals surface area (Å²) < 4.78 is 20.9. The Morgan fingerprint density at radius 1 is 1.18 bits per heavy atom. The molecule has 2 heterocycles. The van der Waals surface area contributed by atoms with Crippen molar-refractivity contribution in [1.82, 2.24) is 15.1 Å². The second kappa shape index (κ2) is 8.50. The number of nitrogens with one attached hydrogen (secondary N) is 1. The van der Waals surface area contributed by atoms with Crippen LogP contribution in [0.2, 0.25) is 18.1 Å². The zero-order valence-corrected chi connectivity index (χ0v) is 20.7. The summed E-state index contributed by atoms with van der Waals surface area (Å²) in [6, 6.07) is 11.8. The fraction of sp³-hybridized carbons (Fsp3) is 0.400. The van der Waals surface area contributed by atoms with Gasteiger partial charge in [-0.1, -0.05) is 45.0 Å². The average molecular weight is 468 g/mol. The van der Waals surface area contributed by atoms with Gasteiger partial charge in [0.05, 0.1) is 22.7 Å². The van der Waals surface area contributed by atoms with Crippen molar-refractivity contribution in [2.45, 2.75) is 51.4 Å². The molecule has 0 aliphatic carbocycles. The molecule has 1 aliphatic heterocycles. The number of benzene rings is 2. The number of hydrogen-bond donors (Lipinski definition) is 1. The van der Waals surface area contributed by atoms with Crippen molar-refractivity contribution < 1.29 is 13.6 Å². The Balaban J connectivity index is 1.49. The molecule has 174 valence electrons. The van der Waals surface area contributed by atoms with Gasteiger partial charge < -0.3 is 9.33 Å². The van der Waals surface area contributed by atoms with Crippen molar-refractivity contribution in [3.63, 3.8) is 0 Å². The second-order valence-electron chi connectivity index (χ2n) is 10.2. The van der Waals surface area contributed by atoms with E-state index in [-0.39, 0.29) is 28.2 Å². The first-order valence-corrected chi connectivity index (χ1v) is 14.1. The van der Waals surface area contributed by atoms with Gasteiger partial charge in [-0.05, 0) is 41.9 Å². The van der Waals surface area contributed by atoms with Crippen LogP contribution < -0.4 is 5.56 Å². The summed E-state index contributed by atoms with van der Waals surface area (Å²) in [7, 11) is -1.92. The van der Waals surface area contributed by atoms with Crippen molar-refractivity contribution in [3.05, 3.63) is 75.5 Å². The molecule has 1 fully saturated rings. The normalized spacial score (nSPS) is 15.0. The number of hydrogen-bond acceptors (Lipinski definition) is 4. The predicted molar refractivity (Wildman–Crippen MR) is 130 cm³/mol. The molecule has 1 saturated heterocycles. The number of aromatic nitrogens is 2. The summed E-state index contributed by atoms with van der Waals surface area (Å²) in [5, 5.41) is 8.09. The summed E-state index contributed by atoms with van der Waals surface area (Å²) >= 11 is 0. The molecule has 4 rings (SSSR count). The second-order valence-corrected chi connectivity index (χ2v) is 15.0. The van der Waals surface area contributed by atoms with Crippen LogP contribution >= 0.6 is 0 Å². The van der Waals surface area contributed by atoms with E-state index in [2.05, 4.69) is 44.1 Å². The van der Waals surface area contributed by atoms with Gasteiger partial charge >= 0.3 is 0 Å². The van der Waals surface area contributed by atoms with Gasteiger partial charge in [-0.25, -0.2) is 9.49 Å². The lowest BCUT2D eigenvalue weighted by atomic mass is 10.0. The highest BCUT2D eigenvalue weighted by atomic mass is 28.4. The van der Waals surface area contributed by atoms with Crippen LogP contribution in [0.1, 0.15) is 42.4 Å². The van der Waals surface area contributed by atoms with Crippen LogP contribution in [0.3, 0.4) is 0 Å². The molecule has 6 nitrogen and oxygen atoms in total. The summed E-state index contributed by atoms with van der Waals surface area (Å²) in [6.45, 7) is 11.9. The molecular formula is C25H30FN3O3Si. The molecule has 3 aromatic rings. The summed E-state index contributed by atoms with van der Waals surface area (Å²) in [6.07, 6.45) is 0.368. The number of nitrogens with zero attached hydrogens (tertiary/aromatic N) is 2. The summed E-state index contributed by atoms with van der Waals surface area (Å²) in [4.78, 5) is 26.7. The van der Waals surface area contributed by atoms with E-state index in [0.29, 0.717) is 30.6 Å². The fourth-order valence-electron chi connectivity index (χ4n) is 3.79. The third-order valence-electron chi connectivity index (χ3n) is 6.81. The quantitative estimate of drug-likeness (QED) is 0.561. The van der Waals surface area contributed by atoms with Gasteiger partial charge in [-0.3, -0.25) is 9.59 Å². The van der Waals surface area contributed by atoms with E-state index in [1.807, 2.05) is 12.1 Å². The highest BCUT2D eigenvalue weighted by molar-refractivity contribution is 6.74. The van der Waals surface area contributed by atoms with E-state index >= 15 is 0 Å². The molecule has 1 N–H and O–H groups in total. The molecule has 0 saturated carbocycles. The number of amides is 1. The maximum absolute atomic E-state index is 14.6. The average Bonchev–Trinajstić information content (AvgIpc) is 2.72. The monoisotopic (exact) mass is 467 g/mol. The number of fused-ring (bicyclic) bond motifs is 1. The lowest BCUT2D eigenvalue weighted by Crippen LogP contribution is -2.59. The Bertz CT molecular complexity index is 1260. The van der Waals surface area contributed by atoms with E-state index in [9.17, 15) is 14.0 Å². The van der Waals surface area contributed by atoms with Crippen LogP contribution in [0.15, 0.2) is 47.3 Å². The molecule has 0 atom stereocenters. The number of aromatic amines is 1. The molecule has 0 radical (unpaired) electrons. The molecule has 0 bridgehead atoms. The van der Waals surface area contributed by atoms with Crippen molar-refractivity contribution in [2.75, 3.05) is 13.1 Å². The SMILES string of the molecule is CC(C)(C)[Si](C)(C)OC1CN(C(=O)c2cc(Cc3n[nH]c(=O)c4ccccc34)ccc2F)C1. The van der Waals surface area contributed by atoms with Crippen LogP contribution in [0.5, 0.6) is 0 Å². The van der Waals surface area contributed by atoms with Crippen molar-refractivity contribution >= 4 is 25.0 Å². The zero-order valence-electron chi connectivity index (χ0n) is 19.7. The number of H-pyrrole nitrogens is 1. The fourth-order valence-corrected chi connectivity index (χ4v) is 5.12. The standard InChI is InChI=1S/C25H30FN3O3Si/c1-25(2,3)33(4,5)32-17-14-29(15-17)24(31)20-12-16(10-11-21(20)26)13-22-18-8-6-7-9-19(18)23(30)28-27-22/h6-12,17H,13-15H2,1-5H3,(H,28,30). The lowest BCUT2D eigenvalue weighted by Gasteiger charge is -2.46. The minimum Gasteiger partial charge on any atom is -0.410 e. The summed E-state index contributed by atoms with van der Waals surface area (Å²) in [5.41, 5.74) is 1.21. The Labute approximate surface area is 193 Å². The zero-order chi connectivity index (χ0) is 24.0. The first-order valence-electron chi connectivity index (χ1n) is 11.2. The minimum atomic E-state index is -1.92. The molecule has 1 amide bonds. The van der Waals surface area contributed by atoms with Gasteiger partial charge in [0, 0.05) is 24.9 Å². The van der Waals surface area contributed by atoms with Crippen molar-refractivity contribution in [1.29, 1.82) is 0 Å². The largest absolute Gasteiger partial charge is 0.410 e. The van der Waals surface area contributed by atoms with Crippen LogP contribution in [-0.4, -0.2) is 48.5 Å². The Hall–Kier alpha value is -2.84. The van der Waals surface area contributed by atoms with Crippen LogP contribution in [-0.2, 0) is 10.8 Å². The van der Waals surface area contributed by atoms with Crippen LogP contribution in [0.4, 0.5) is 4.39 Å². The van der Waals surface area contributed by atoms with Gasteiger partial charge in [0.1, 0.15) is 5.82 Å². The van der Waals surface area contributed by atoms with Crippen molar-refractivity contribution in [3.8, 4) is 0 Å². The summed E-state index contributed by atoms with van der Waals surface area (Å²) in [5.74, 6) is -0.875. The number of rotatable bonds is 5. The van der Waals surface area contributed by atoms with E-state index in [1.165, 1.54) is 6.07 Å².